The second-order valence-corrected chi connectivity index (χ2v) is 12.1. The number of rotatable bonds is 10. The first-order chi connectivity index (χ1) is 24.2. The fourth-order valence-electron chi connectivity index (χ4n) is 6.38. The summed E-state index contributed by atoms with van der Waals surface area (Å²) in [6.07, 6.45) is 5.71. The fraction of sp³-hybridized carbons (Fsp3) is 0.140. The highest BCUT2D eigenvalue weighted by atomic mass is 16.6. The second kappa shape index (κ2) is 14.5. The molecule has 2 aliphatic carbocycles. The smallest absolute Gasteiger partial charge is 0.338 e. The monoisotopic (exact) mass is 662 g/mol. The van der Waals surface area contributed by atoms with E-state index in [1.807, 2.05) is 86.7 Å². The van der Waals surface area contributed by atoms with Crippen molar-refractivity contribution in [3.05, 3.63) is 178 Å². The Kier molecular flexibility index (Phi) is 9.77. The van der Waals surface area contributed by atoms with Gasteiger partial charge in [0.1, 0.15) is 19.5 Å². The summed E-state index contributed by atoms with van der Waals surface area (Å²) in [5.74, 6) is -1.91. The first-order valence-corrected chi connectivity index (χ1v) is 16.3. The van der Waals surface area contributed by atoms with Crippen LogP contribution in [0.2, 0.25) is 0 Å². The van der Waals surface area contributed by atoms with Crippen molar-refractivity contribution in [1.82, 2.24) is 0 Å². The van der Waals surface area contributed by atoms with Gasteiger partial charge in [-0.3, -0.25) is 14.4 Å². The topological polar surface area (TPSA) is 104 Å². The lowest BCUT2D eigenvalue weighted by Crippen LogP contribution is -2.19. The number of fused-ring (bicyclic) bond motifs is 2. The number of allylic oxidation sites excluding steroid dienone is 6. The Morgan fingerprint density at radius 3 is 1.54 bits per heavy atom. The van der Waals surface area contributed by atoms with Crippen molar-refractivity contribution < 1.29 is 33.4 Å². The molecule has 0 aliphatic heterocycles. The molecule has 4 aromatic carbocycles. The summed E-state index contributed by atoms with van der Waals surface area (Å²) in [6.45, 7) is 7.08. The Morgan fingerprint density at radius 1 is 0.640 bits per heavy atom. The molecular formula is C43H34O7. The summed E-state index contributed by atoms with van der Waals surface area (Å²) in [5, 5.41) is 0. The lowest BCUT2D eigenvalue weighted by molar-refractivity contribution is -0.138. The Hall–Kier alpha value is -6.21. The number of carbonyl (C=O) groups excluding carboxylic acids is 5. The molecule has 2 aliphatic rings. The number of aldehydes is 1. The summed E-state index contributed by atoms with van der Waals surface area (Å²) in [7, 11) is 0. The molecule has 0 amide bonds. The van der Waals surface area contributed by atoms with Gasteiger partial charge in [-0.2, -0.15) is 0 Å². The van der Waals surface area contributed by atoms with Crippen LogP contribution < -0.4 is 0 Å². The highest BCUT2D eigenvalue weighted by Gasteiger charge is 2.33. The average Bonchev–Trinajstić information content (AvgIpc) is 3.16. The molecule has 0 fully saturated rings. The molecule has 0 spiro atoms. The van der Waals surface area contributed by atoms with Gasteiger partial charge in [-0.1, -0.05) is 105 Å². The zero-order valence-corrected chi connectivity index (χ0v) is 27.7. The number of hydrogen-bond donors (Lipinski definition) is 0. The summed E-state index contributed by atoms with van der Waals surface area (Å²) >= 11 is 0. The average molecular weight is 663 g/mol. The maximum Gasteiger partial charge on any atom is 0.338 e. The molecule has 0 bridgehead atoms. The van der Waals surface area contributed by atoms with Crippen LogP contribution in [0.3, 0.4) is 0 Å². The molecule has 0 radical (unpaired) electrons. The zero-order valence-electron chi connectivity index (χ0n) is 27.7. The standard InChI is InChI=1S/C43H34O7/c1-4-40(45)49-21-22-50-43(48)31-19-17-30(18-20-31)27(3)37-24-39(33-10-6-8-12-35(33)42(37)47)38-23-36(41(46)34-11-7-5-9-32(34)38)26(2)29-15-13-28(25-44)14-16-29/h4-20,23-27H,1,21-22H2,2-3H3/b39-38+. The summed E-state index contributed by atoms with van der Waals surface area (Å²) in [6, 6.07) is 29.1. The Bertz CT molecular complexity index is 2130. The molecule has 0 N–H and O–H groups in total. The first kappa shape index (κ1) is 33.7. The van der Waals surface area contributed by atoms with Crippen LogP contribution in [0, 0.1) is 0 Å². The fourth-order valence-corrected chi connectivity index (χ4v) is 6.38. The highest BCUT2D eigenvalue weighted by Crippen LogP contribution is 2.44. The van der Waals surface area contributed by atoms with Crippen LogP contribution in [-0.4, -0.2) is 43.0 Å². The predicted molar refractivity (Wildman–Crippen MR) is 191 cm³/mol. The van der Waals surface area contributed by atoms with Crippen LogP contribution in [0.15, 0.2) is 133 Å². The van der Waals surface area contributed by atoms with Gasteiger partial charge in [-0.25, -0.2) is 9.59 Å². The molecule has 4 aromatic rings. The second-order valence-electron chi connectivity index (χ2n) is 12.1. The van der Waals surface area contributed by atoms with Crippen molar-refractivity contribution in [3.8, 4) is 0 Å². The van der Waals surface area contributed by atoms with Gasteiger partial charge in [0.2, 0.25) is 0 Å². The number of benzene rings is 4. The molecule has 2 unspecified atom stereocenters. The van der Waals surface area contributed by atoms with Crippen molar-refractivity contribution in [1.29, 1.82) is 0 Å². The molecule has 0 saturated heterocycles. The van der Waals surface area contributed by atoms with Crippen LogP contribution in [0.1, 0.15) is 89.4 Å². The molecule has 0 heterocycles. The van der Waals surface area contributed by atoms with E-state index in [0.717, 1.165) is 45.8 Å². The molecule has 248 valence electrons. The van der Waals surface area contributed by atoms with E-state index >= 15 is 0 Å². The lowest BCUT2D eigenvalue weighted by Gasteiger charge is -2.28. The first-order valence-electron chi connectivity index (χ1n) is 16.3. The number of ether oxygens (including phenoxy) is 2. The largest absolute Gasteiger partial charge is 0.459 e. The molecule has 2 atom stereocenters. The Labute approximate surface area is 290 Å². The van der Waals surface area contributed by atoms with Gasteiger partial charge in [0, 0.05) is 45.7 Å². The van der Waals surface area contributed by atoms with Crippen molar-refractivity contribution in [2.75, 3.05) is 13.2 Å². The SMILES string of the molecule is C=CC(=O)OCCOC(=O)c1ccc(C(C)C2=C/C(=C3/C=C(C(C)c4ccc(C=O)cc4)C(=O)c4ccccc43)c3ccccc3C2=O)cc1. The minimum atomic E-state index is -0.596. The predicted octanol–water partition coefficient (Wildman–Crippen LogP) is 8.15. The molecule has 0 aromatic heterocycles. The number of Topliss-reactive ketones (excluding diaryl/α,β-unsaturated/α-hetero) is 2. The van der Waals surface area contributed by atoms with E-state index in [1.165, 1.54) is 0 Å². The van der Waals surface area contributed by atoms with Gasteiger partial charge in [0.25, 0.3) is 0 Å². The van der Waals surface area contributed by atoms with Gasteiger partial charge < -0.3 is 9.47 Å². The van der Waals surface area contributed by atoms with Crippen molar-refractivity contribution >= 4 is 40.9 Å². The van der Waals surface area contributed by atoms with E-state index in [1.54, 1.807) is 36.4 Å². The van der Waals surface area contributed by atoms with Crippen LogP contribution in [0.25, 0.3) is 11.1 Å². The van der Waals surface area contributed by atoms with E-state index in [-0.39, 0.29) is 36.6 Å². The van der Waals surface area contributed by atoms with E-state index in [0.29, 0.717) is 33.4 Å². The number of esters is 2. The van der Waals surface area contributed by atoms with Crippen molar-refractivity contribution in [3.63, 3.8) is 0 Å². The molecular weight excluding hydrogens is 628 g/mol. The lowest BCUT2D eigenvalue weighted by atomic mass is 9.74. The summed E-state index contributed by atoms with van der Waals surface area (Å²) < 4.78 is 10.1. The van der Waals surface area contributed by atoms with Crippen molar-refractivity contribution in [2.24, 2.45) is 0 Å². The Balaban J connectivity index is 1.39. The third kappa shape index (κ3) is 6.58. The van der Waals surface area contributed by atoms with Crippen LogP contribution in [-0.2, 0) is 14.3 Å². The zero-order chi connectivity index (χ0) is 35.4. The van der Waals surface area contributed by atoms with Gasteiger partial charge in [-0.15, -0.1) is 0 Å². The minimum absolute atomic E-state index is 0.0638. The third-order valence-electron chi connectivity index (χ3n) is 9.22. The van der Waals surface area contributed by atoms with Gasteiger partial charge in [0.15, 0.2) is 11.6 Å². The molecule has 6 rings (SSSR count). The third-order valence-corrected chi connectivity index (χ3v) is 9.22. The number of ketones is 2. The van der Waals surface area contributed by atoms with E-state index in [9.17, 15) is 24.0 Å². The number of hydrogen-bond acceptors (Lipinski definition) is 7. The van der Waals surface area contributed by atoms with Gasteiger partial charge >= 0.3 is 11.9 Å². The van der Waals surface area contributed by atoms with E-state index in [4.69, 9.17) is 9.47 Å². The summed E-state index contributed by atoms with van der Waals surface area (Å²) in [4.78, 5) is 63.0. The number of carbonyl (C=O) groups is 5. The van der Waals surface area contributed by atoms with Crippen molar-refractivity contribution in [2.45, 2.75) is 25.7 Å². The quantitative estimate of drug-likeness (QED) is 0.0731. The van der Waals surface area contributed by atoms with Gasteiger partial charge in [-0.05, 0) is 57.7 Å². The maximum absolute atomic E-state index is 14.1. The van der Waals surface area contributed by atoms with E-state index in [2.05, 4.69) is 6.58 Å². The normalized spacial score (nSPS) is 16.2. The van der Waals surface area contributed by atoms with E-state index < -0.39 is 11.9 Å². The molecule has 0 saturated carbocycles. The molecule has 7 heteroatoms. The Morgan fingerprint density at radius 2 is 1.08 bits per heavy atom. The van der Waals surface area contributed by atoms with Crippen LogP contribution >= 0.6 is 0 Å². The van der Waals surface area contributed by atoms with Crippen LogP contribution in [0.5, 0.6) is 0 Å². The maximum atomic E-state index is 14.1. The molecule has 7 nitrogen and oxygen atoms in total. The minimum Gasteiger partial charge on any atom is -0.459 e. The highest BCUT2D eigenvalue weighted by molar-refractivity contribution is 6.24. The van der Waals surface area contributed by atoms with Crippen LogP contribution in [0.4, 0.5) is 0 Å². The van der Waals surface area contributed by atoms with Gasteiger partial charge in [0.05, 0.1) is 5.56 Å². The summed E-state index contributed by atoms with van der Waals surface area (Å²) in [5.41, 5.74) is 8.21. The molecule has 50 heavy (non-hydrogen) atoms.